The smallest absolute Gasteiger partial charge is 0.276 e. The number of hydrazine groups is 1. The summed E-state index contributed by atoms with van der Waals surface area (Å²) in [4.78, 5) is 23.6. The Kier molecular flexibility index (Phi) is 5.76. The molecule has 0 aliphatic heterocycles. The third kappa shape index (κ3) is 5.10. The summed E-state index contributed by atoms with van der Waals surface area (Å²) < 4.78 is 6.31. The second kappa shape index (κ2) is 7.78. The molecule has 23 heavy (non-hydrogen) atoms. The fourth-order valence-corrected chi connectivity index (χ4v) is 2.20. The van der Waals surface area contributed by atoms with Gasteiger partial charge in [-0.2, -0.15) is 0 Å². The second-order valence-electron chi connectivity index (χ2n) is 5.07. The summed E-state index contributed by atoms with van der Waals surface area (Å²) in [6.07, 6.45) is 0. The maximum atomic E-state index is 11.8. The number of hydrogen-bond donors (Lipinski definition) is 2. The Morgan fingerprint density at radius 1 is 1.04 bits per heavy atom. The minimum Gasteiger partial charge on any atom is -0.483 e. The number of rotatable bonds is 4. The molecule has 0 aliphatic carbocycles. The van der Waals surface area contributed by atoms with Crippen molar-refractivity contribution in [1.82, 2.24) is 10.9 Å². The monoisotopic (exact) mass is 376 g/mol. The molecule has 2 amide bonds. The third-order valence-electron chi connectivity index (χ3n) is 3.11. The zero-order valence-corrected chi connectivity index (χ0v) is 14.4. The second-order valence-corrected chi connectivity index (χ2v) is 5.98. The van der Waals surface area contributed by atoms with Crippen molar-refractivity contribution in [2.24, 2.45) is 0 Å². The molecule has 0 aliphatic rings. The lowest BCUT2D eigenvalue weighted by Gasteiger charge is -2.11. The molecule has 0 radical (unpaired) electrons. The highest BCUT2D eigenvalue weighted by molar-refractivity contribution is 9.10. The van der Waals surface area contributed by atoms with Crippen LogP contribution >= 0.6 is 15.9 Å². The summed E-state index contributed by atoms with van der Waals surface area (Å²) >= 11 is 3.29. The molecular formula is C17H17BrN2O3. The first kappa shape index (κ1) is 17.0. The Morgan fingerprint density at radius 3 is 2.39 bits per heavy atom. The van der Waals surface area contributed by atoms with Crippen LogP contribution < -0.4 is 15.6 Å². The molecule has 2 rings (SSSR count). The Bertz CT molecular complexity index is 714. The van der Waals surface area contributed by atoms with E-state index in [-0.39, 0.29) is 6.61 Å². The zero-order chi connectivity index (χ0) is 16.8. The molecule has 0 atom stereocenters. The molecule has 0 fully saturated rings. The van der Waals surface area contributed by atoms with Gasteiger partial charge in [0.2, 0.25) is 0 Å². The van der Waals surface area contributed by atoms with E-state index in [0.717, 1.165) is 15.6 Å². The van der Waals surface area contributed by atoms with Crippen LogP contribution in [0.1, 0.15) is 21.5 Å². The van der Waals surface area contributed by atoms with Gasteiger partial charge < -0.3 is 4.74 Å². The molecule has 0 bridgehead atoms. The number of benzene rings is 2. The van der Waals surface area contributed by atoms with Crippen molar-refractivity contribution in [3.8, 4) is 5.75 Å². The first-order valence-corrected chi connectivity index (χ1v) is 7.80. The minimum atomic E-state index is -0.435. The molecule has 0 heterocycles. The van der Waals surface area contributed by atoms with Gasteiger partial charge in [0.05, 0.1) is 0 Å². The van der Waals surface area contributed by atoms with Crippen LogP contribution in [-0.4, -0.2) is 18.4 Å². The van der Waals surface area contributed by atoms with E-state index in [1.807, 2.05) is 32.0 Å². The normalized spacial score (nSPS) is 10.0. The lowest BCUT2D eigenvalue weighted by atomic mass is 10.1. The predicted molar refractivity (Wildman–Crippen MR) is 91.2 cm³/mol. The molecule has 2 N–H and O–H groups in total. The van der Waals surface area contributed by atoms with Crippen LogP contribution in [0.4, 0.5) is 0 Å². The van der Waals surface area contributed by atoms with E-state index < -0.39 is 11.8 Å². The van der Waals surface area contributed by atoms with Gasteiger partial charge in [0.1, 0.15) is 5.75 Å². The molecule has 0 saturated heterocycles. The van der Waals surface area contributed by atoms with Gasteiger partial charge in [0.25, 0.3) is 11.8 Å². The van der Waals surface area contributed by atoms with Crippen molar-refractivity contribution in [3.05, 3.63) is 63.6 Å². The van der Waals surface area contributed by atoms with Crippen LogP contribution in [0.15, 0.2) is 46.9 Å². The number of ether oxygens (including phenoxy) is 1. The van der Waals surface area contributed by atoms with Gasteiger partial charge >= 0.3 is 0 Å². The number of amides is 2. The average molecular weight is 377 g/mol. The highest BCUT2D eigenvalue weighted by atomic mass is 79.9. The summed E-state index contributed by atoms with van der Waals surface area (Å²) in [5.41, 5.74) is 7.20. The lowest BCUT2D eigenvalue weighted by Crippen LogP contribution is -2.43. The van der Waals surface area contributed by atoms with Gasteiger partial charge in [0.15, 0.2) is 6.61 Å². The van der Waals surface area contributed by atoms with Crippen LogP contribution in [0, 0.1) is 13.8 Å². The van der Waals surface area contributed by atoms with E-state index in [2.05, 4.69) is 26.8 Å². The average Bonchev–Trinajstić information content (AvgIpc) is 2.52. The molecule has 0 unspecified atom stereocenters. The number of nitrogens with one attached hydrogen (secondary N) is 2. The van der Waals surface area contributed by atoms with E-state index >= 15 is 0 Å². The van der Waals surface area contributed by atoms with E-state index in [1.54, 1.807) is 24.3 Å². The molecule has 2 aromatic rings. The molecule has 6 heteroatoms. The molecule has 120 valence electrons. The maximum Gasteiger partial charge on any atom is 0.276 e. The summed E-state index contributed by atoms with van der Waals surface area (Å²) in [5, 5.41) is 0. The summed E-state index contributed by atoms with van der Waals surface area (Å²) in [6, 6.07) is 12.5. The fraction of sp³-hybridized carbons (Fsp3) is 0.176. The maximum absolute atomic E-state index is 11.8. The number of aryl methyl sites for hydroxylation is 2. The van der Waals surface area contributed by atoms with E-state index in [4.69, 9.17) is 4.74 Å². The largest absolute Gasteiger partial charge is 0.483 e. The summed E-state index contributed by atoms with van der Waals surface area (Å²) in [5.74, 6) is -0.183. The van der Waals surface area contributed by atoms with Crippen LogP contribution in [0.5, 0.6) is 5.75 Å². The number of carbonyl (C=O) groups excluding carboxylic acids is 2. The SMILES string of the molecule is Cc1ccc(OCC(=O)NNC(=O)c2ccc(Br)cc2)c(C)c1. The quantitative estimate of drug-likeness (QED) is 0.806. The van der Waals surface area contributed by atoms with Crippen molar-refractivity contribution in [1.29, 1.82) is 0 Å². The summed E-state index contributed by atoms with van der Waals surface area (Å²) in [6.45, 7) is 3.72. The Balaban J connectivity index is 1.81. The highest BCUT2D eigenvalue weighted by Crippen LogP contribution is 2.18. The standard InChI is InChI=1S/C17H17BrN2O3/c1-11-3-8-15(12(2)9-11)23-10-16(21)19-20-17(22)13-4-6-14(18)7-5-13/h3-9H,10H2,1-2H3,(H,19,21)(H,20,22). The van der Waals surface area contributed by atoms with Crippen molar-refractivity contribution in [2.75, 3.05) is 6.61 Å². The van der Waals surface area contributed by atoms with Crippen LogP contribution in [0.3, 0.4) is 0 Å². The van der Waals surface area contributed by atoms with Crippen molar-refractivity contribution in [2.45, 2.75) is 13.8 Å². The van der Waals surface area contributed by atoms with Gasteiger partial charge in [-0.1, -0.05) is 33.6 Å². The lowest BCUT2D eigenvalue weighted by molar-refractivity contribution is -0.123. The van der Waals surface area contributed by atoms with E-state index in [0.29, 0.717) is 11.3 Å². The van der Waals surface area contributed by atoms with E-state index in [1.165, 1.54) is 0 Å². The van der Waals surface area contributed by atoms with Gasteiger partial charge in [-0.15, -0.1) is 0 Å². The van der Waals surface area contributed by atoms with Gasteiger partial charge in [-0.3, -0.25) is 20.4 Å². The van der Waals surface area contributed by atoms with Gasteiger partial charge in [0, 0.05) is 10.0 Å². The molecular weight excluding hydrogens is 360 g/mol. The molecule has 0 aromatic heterocycles. The first-order chi connectivity index (χ1) is 11.0. The molecule has 2 aromatic carbocycles. The Labute approximate surface area is 143 Å². The van der Waals surface area contributed by atoms with Crippen LogP contribution in [0.2, 0.25) is 0 Å². The predicted octanol–water partition coefficient (Wildman–Crippen LogP) is 2.91. The van der Waals surface area contributed by atoms with Gasteiger partial charge in [-0.25, -0.2) is 0 Å². The minimum absolute atomic E-state index is 0.176. The number of carbonyl (C=O) groups is 2. The van der Waals surface area contributed by atoms with Crippen molar-refractivity contribution < 1.29 is 14.3 Å². The summed E-state index contributed by atoms with van der Waals surface area (Å²) in [7, 11) is 0. The van der Waals surface area contributed by atoms with Gasteiger partial charge in [-0.05, 0) is 49.7 Å². The molecule has 0 saturated carbocycles. The third-order valence-corrected chi connectivity index (χ3v) is 3.64. The number of hydrogen-bond acceptors (Lipinski definition) is 3. The highest BCUT2D eigenvalue weighted by Gasteiger charge is 2.08. The fourth-order valence-electron chi connectivity index (χ4n) is 1.94. The first-order valence-electron chi connectivity index (χ1n) is 7.00. The van der Waals surface area contributed by atoms with E-state index in [9.17, 15) is 9.59 Å². The van der Waals surface area contributed by atoms with Crippen molar-refractivity contribution in [3.63, 3.8) is 0 Å². The Hall–Kier alpha value is -2.34. The molecule has 5 nitrogen and oxygen atoms in total. The number of halogens is 1. The Morgan fingerprint density at radius 2 is 1.74 bits per heavy atom. The van der Waals surface area contributed by atoms with Crippen molar-refractivity contribution >= 4 is 27.7 Å². The zero-order valence-electron chi connectivity index (χ0n) is 12.9. The topological polar surface area (TPSA) is 67.4 Å². The van der Waals surface area contributed by atoms with Crippen LogP contribution in [0.25, 0.3) is 0 Å². The van der Waals surface area contributed by atoms with Crippen LogP contribution in [-0.2, 0) is 4.79 Å². The molecule has 0 spiro atoms.